The van der Waals surface area contributed by atoms with Crippen molar-refractivity contribution in [2.24, 2.45) is 0 Å². The number of aromatic nitrogens is 3. The lowest BCUT2D eigenvalue weighted by molar-refractivity contribution is 1.11. The van der Waals surface area contributed by atoms with Gasteiger partial charge in [0.1, 0.15) is 6.33 Å². The SMILES string of the molecule is Pc1nc[nH]n1. The van der Waals surface area contributed by atoms with Crippen LogP contribution in [-0.4, -0.2) is 15.2 Å². The Bertz CT molecular complexity index is 112. The molecule has 0 amide bonds. The van der Waals surface area contributed by atoms with Gasteiger partial charge >= 0.3 is 0 Å². The van der Waals surface area contributed by atoms with Crippen molar-refractivity contribution in [3.05, 3.63) is 6.33 Å². The van der Waals surface area contributed by atoms with E-state index < -0.39 is 0 Å². The molecule has 0 spiro atoms. The molecule has 3 nitrogen and oxygen atoms in total. The third-order valence-corrected chi connectivity index (χ3v) is 0.712. The zero-order valence-corrected chi connectivity index (χ0v) is 4.20. The number of nitrogens with one attached hydrogen (secondary N) is 1. The van der Waals surface area contributed by atoms with Gasteiger partial charge < -0.3 is 0 Å². The van der Waals surface area contributed by atoms with Gasteiger partial charge in [-0.15, -0.1) is 0 Å². The Kier molecular flexibility index (Phi) is 0.843. The van der Waals surface area contributed by atoms with E-state index in [1.165, 1.54) is 6.33 Å². The molecule has 1 atom stereocenters. The van der Waals surface area contributed by atoms with Gasteiger partial charge in [0.05, 0.1) is 0 Å². The maximum Gasteiger partial charge on any atom is 0.165 e. The quantitative estimate of drug-likeness (QED) is 0.439. The molecule has 1 N–H and O–H groups in total. The molecule has 1 aromatic rings. The van der Waals surface area contributed by atoms with Crippen LogP contribution >= 0.6 is 9.24 Å². The molecule has 1 unspecified atom stereocenters. The Hall–Kier alpha value is -0.430. The first kappa shape index (κ1) is 3.75. The molecule has 4 heteroatoms. The van der Waals surface area contributed by atoms with Crippen molar-refractivity contribution < 1.29 is 0 Å². The minimum atomic E-state index is 0.704. The molecule has 0 radical (unpaired) electrons. The van der Waals surface area contributed by atoms with E-state index in [1.54, 1.807) is 0 Å². The third kappa shape index (κ3) is 0.546. The Morgan fingerprint density at radius 2 is 2.67 bits per heavy atom. The van der Waals surface area contributed by atoms with Crippen LogP contribution < -0.4 is 5.57 Å². The number of aromatic amines is 1. The zero-order valence-electron chi connectivity index (χ0n) is 3.05. The fraction of sp³-hybridized carbons (Fsp3) is 0. The summed E-state index contributed by atoms with van der Waals surface area (Å²) in [6, 6.07) is 0. The normalized spacial score (nSPS) is 8.83. The Morgan fingerprint density at radius 3 is 2.83 bits per heavy atom. The lowest BCUT2D eigenvalue weighted by Gasteiger charge is -1.63. The van der Waals surface area contributed by atoms with E-state index in [9.17, 15) is 0 Å². The van der Waals surface area contributed by atoms with E-state index >= 15 is 0 Å². The van der Waals surface area contributed by atoms with E-state index in [0.29, 0.717) is 5.57 Å². The summed E-state index contributed by atoms with van der Waals surface area (Å²) >= 11 is 0. The highest BCUT2D eigenvalue weighted by Gasteiger charge is 1.76. The molecule has 0 saturated carbocycles. The van der Waals surface area contributed by atoms with Gasteiger partial charge in [-0.25, -0.2) is 4.98 Å². The average molecular weight is 101 g/mol. The smallest absolute Gasteiger partial charge is 0.165 e. The summed E-state index contributed by atoms with van der Waals surface area (Å²) in [5.74, 6) is 0. The molecule has 0 bridgehead atoms. The highest BCUT2D eigenvalue weighted by Crippen LogP contribution is 1.69. The first-order valence-electron chi connectivity index (χ1n) is 1.51. The van der Waals surface area contributed by atoms with Crippen LogP contribution in [-0.2, 0) is 0 Å². The summed E-state index contributed by atoms with van der Waals surface area (Å²) in [4.78, 5) is 3.71. The first-order valence-corrected chi connectivity index (χ1v) is 2.08. The van der Waals surface area contributed by atoms with Gasteiger partial charge in [-0.05, 0) is 0 Å². The Morgan fingerprint density at radius 1 is 1.83 bits per heavy atom. The van der Waals surface area contributed by atoms with E-state index in [-0.39, 0.29) is 0 Å². The van der Waals surface area contributed by atoms with E-state index in [4.69, 9.17) is 0 Å². The van der Waals surface area contributed by atoms with Gasteiger partial charge in [0.2, 0.25) is 0 Å². The number of hydrogen-bond acceptors (Lipinski definition) is 2. The second-order valence-corrected chi connectivity index (χ2v) is 1.37. The summed E-state index contributed by atoms with van der Waals surface area (Å²) in [5, 5.41) is 6.19. The maximum absolute atomic E-state index is 3.71. The van der Waals surface area contributed by atoms with Crippen molar-refractivity contribution in [1.82, 2.24) is 15.2 Å². The average Bonchev–Trinajstić information content (AvgIpc) is 1.86. The zero-order chi connectivity index (χ0) is 4.41. The summed E-state index contributed by atoms with van der Waals surface area (Å²) < 4.78 is 0. The Balaban J connectivity index is 3.05. The number of rotatable bonds is 0. The van der Waals surface area contributed by atoms with Crippen LogP contribution in [0.25, 0.3) is 0 Å². The van der Waals surface area contributed by atoms with Crippen molar-refractivity contribution in [1.29, 1.82) is 0 Å². The molecule has 1 rings (SSSR count). The molecule has 32 valence electrons. The van der Waals surface area contributed by atoms with Crippen LogP contribution in [0.5, 0.6) is 0 Å². The van der Waals surface area contributed by atoms with Gasteiger partial charge in [0.15, 0.2) is 5.57 Å². The molecule has 0 aliphatic carbocycles. The van der Waals surface area contributed by atoms with Crippen LogP contribution in [0.2, 0.25) is 0 Å². The molecule has 0 aromatic carbocycles. The Labute approximate surface area is 37.4 Å². The minimum Gasteiger partial charge on any atom is -0.265 e. The molecule has 0 saturated heterocycles. The fourth-order valence-electron chi connectivity index (χ4n) is 0.219. The van der Waals surface area contributed by atoms with Gasteiger partial charge in [0.25, 0.3) is 0 Å². The molecule has 0 aliphatic heterocycles. The second-order valence-electron chi connectivity index (χ2n) is 0.857. The monoisotopic (exact) mass is 101 g/mol. The van der Waals surface area contributed by atoms with Crippen LogP contribution in [0.1, 0.15) is 0 Å². The number of nitrogens with zero attached hydrogens (tertiary/aromatic N) is 2. The van der Waals surface area contributed by atoms with Crippen molar-refractivity contribution >= 4 is 14.8 Å². The molecular weight excluding hydrogens is 97.0 g/mol. The first-order chi connectivity index (χ1) is 2.89. The van der Waals surface area contributed by atoms with Crippen LogP contribution in [0.3, 0.4) is 0 Å². The molecule has 6 heavy (non-hydrogen) atoms. The number of hydrogen-bond donors (Lipinski definition) is 1. The van der Waals surface area contributed by atoms with Crippen LogP contribution in [0, 0.1) is 0 Å². The maximum atomic E-state index is 3.71. The van der Waals surface area contributed by atoms with E-state index in [0.717, 1.165) is 0 Å². The van der Waals surface area contributed by atoms with Crippen molar-refractivity contribution in [3.8, 4) is 0 Å². The minimum absolute atomic E-state index is 0.704. The van der Waals surface area contributed by atoms with Crippen LogP contribution in [0.15, 0.2) is 6.33 Å². The lowest BCUT2D eigenvalue weighted by Crippen LogP contribution is -1.91. The lowest BCUT2D eigenvalue weighted by atomic mass is 11.3. The van der Waals surface area contributed by atoms with Crippen molar-refractivity contribution in [3.63, 3.8) is 0 Å². The topological polar surface area (TPSA) is 41.6 Å². The van der Waals surface area contributed by atoms with Gasteiger partial charge in [0, 0.05) is 0 Å². The second kappa shape index (κ2) is 1.35. The fourth-order valence-corrected chi connectivity index (χ4v) is 0.368. The summed E-state index contributed by atoms with van der Waals surface area (Å²) in [6.07, 6.45) is 1.53. The third-order valence-electron chi connectivity index (χ3n) is 0.434. The van der Waals surface area contributed by atoms with Gasteiger partial charge in [-0.3, -0.25) is 5.10 Å². The molecular formula is C2H4N3P. The molecule has 1 aromatic heterocycles. The molecule has 1 heterocycles. The standard InChI is InChI=1S/C2H4N3P/c6-2-3-1-4-5-2/h1H,6H2,(H,3,4,5). The van der Waals surface area contributed by atoms with E-state index in [1.807, 2.05) is 0 Å². The predicted octanol–water partition coefficient (Wildman–Crippen LogP) is -0.695. The predicted molar refractivity (Wildman–Crippen MR) is 25.7 cm³/mol. The van der Waals surface area contributed by atoms with Crippen molar-refractivity contribution in [2.45, 2.75) is 0 Å². The molecule has 0 aliphatic rings. The number of H-pyrrole nitrogens is 1. The molecule has 0 fully saturated rings. The summed E-state index contributed by atoms with van der Waals surface area (Å²) in [6.45, 7) is 0. The highest BCUT2D eigenvalue weighted by atomic mass is 31.0. The van der Waals surface area contributed by atoms with Crippen LogP contribution in [0.4, 0.5) is 0 Å². The van der Waals surface area contributed by atoms with E-state index in [2.05, 4.69) is 24.4 Å². The summed E-state index contributed by atoms with van der Waals surface area (Å²) in [5.41, 5.74) is 0.704. The largest absolute Gasteiger partial charge is 0.265 e. The summed E-state index contributed by atoms with van der Waals surface area (Å²) in [7, 11) is 2.36. The van der Waals surface area contributed by atoms with Gasteiger partial charge in [-0.2, -0.15) is 5.10 Å². The van der Waals surface area contributed by atoms with Crippen molar-refractivity contribution in [2.75, 3.05) is 0 Å². The highest BCUT2D eigenvalue weighted by molar-refractivity contribution is 7.26. The van der Waals surface area contributed by atoms with Gasteiger partial charge in [-0.1, -0.05) is 9.24 Å².